The van der Waals surface area contributed by atoms with E-state index in [2.05, 4.69) is 10.3 Å². The van der Waals surface area contributed by atoms with Gasteiger partial charge in [0.25, 0.3) is 5.91 Å². The Hall–Kier alpha value is -2.79. The second-order valence-corrected chi connectivity index (χ2v) is 7.42. The van der Waals surface area contributed by atoms with Gasteiger partial charge in [0.05, 0.1) is 22.5 Å². The van der Waals surface area contributed by atoms with Gasteiger partial charge < -0.3 is 15.0 Å². The molecule has 0 aliphatic carbocycles. The van der Waals surface area contributed by atoms with Crippen molar-refractivity contribution >= 4 is 39.9 Å². The highest BCUT2D eigenvalue weighted by Gasteiger charge is 2.32. The highest BCUT2D eigenvalue weighted by atomic mass is 35.5. The molecule has 0 saturated heterocycles. The fraction of sp³-hybridized carbons (Fsp3) is 0.200. The number of hydrogen-bond donors (Lipinski definition) is 2. The van der Waals surface area contributed by atoms with Gasteiger partial charge in [0.15, 0.2) is 5.78 Å². The number of ether oxygens (including phenoxy) is 1. The first-order valence-corrected chi connectivity index (χ1v) is 8.65. The highest BCUT2D eigenvalue weighted by Crippen LogP contribution is 2.34. The number of anilines is 1. The van der Waals surface area contributed by atoms with E-state index in [1.54, 1.807) is 30.3 Å². The Morgan fingerprint density at radius 3 is 2.81 bits per heavy atom. The summed E-state index contributed by atoms with van der Waals surface area (Å²) in [6.45, 7) is 3.76. The largest absolute Gasteiger partial charge is 0.487 e. The minimum atomic E-state index is -0.515. The molecule has 6 heteroatoms. The fourth-order valence-electron chi connectivity index (χ4n) is 3.17. The van der Waals surface area contributed by atoms with E-state index < -0.39 is 5.60 Å². The molecule has 0 radical (unpaired) electrons. The van der Waals surface area contributed by atoms with Crippen molar-refractivity contribution in [2.45, 2.75) is 25.9 Å². The molecule has 3 aromatic rings. The zero-order valence-electron chi connectivity index (χ0n) is 14.4. The number of Topliss-reactive ketones (excluding diaryl/α,β-unsaturated/α-hetero) is 1. The third kappa shape index (κ3) is 2.95. The molecule has 2 heterocycles. The number of ketones is 1. The second kappa shape index (κ2) is 5.88. The summed E-state index contributed by atoms with van der Waals surface area (Å²) in [5.74, 6) is 0.244. The number of H-pyrrole nitrogens is 1. The Labute approximate surface area is 155 Å². The van der Waals surface area contributed by atoms with Gasteiger partial charge in [-0.3, -0.25) is 9.59 Å². The molecule has 2 N–H and O–H groups in total. The highest BCUT2D eigenvalue weighted by molar-refractivity contribution is 6.35. The molecule has 0 unspecified atom stereocenters. The van der Waals surface area contributed by atoms with Crippen LogP contribution in [0.4, 0.5) is 5.69 Å². The normalized spacial score (nSPS) is 15.4. The van der Waals surface area contributed by atoms with Gasteiger partial charge in [-0.05, 0) is 44.2 Å². The SMILES string of the molecule is CC1(C)CC(=O)c2cc(NC(=O)c3cc4cccc(Cl)c4[nH]3)ccc2O1. The number of rotatable bonds is 2. The summed E-state index contributed by atoms with van der Waals surface area (Å²) in [6.07, 6.45) is 0.303. The molecule has 132 valence electrons. The standard InChI is InChI=1S/C20H17ClN2O3/c1-20(2)10-16(24)13-9-12(6-7-17(13)26-20)22-19(25)15-8-11-4-3-5-14(21)18(11)23-15/h3-9,23H,10H2,1-2H3,(H,22,25). The number of aromatic amines is 1. The number of amides is 1. The molecule has 26 heavy (non-hydrogen) atoms. The van der Waals surface area contributed by atoms with Crippen LogP contribution in [-0.2, 0) is 0 Å². The first kappa shape index (κ1) is 16.7. The molecular formula is C20H17ClN2O3. The van der Waals surface area contributed by atoms with Crippen LogP contribution in [-0.4, -0.2) is 22.3 Å². The Bertz CT molecular complexity index is 1050. The van der Waals surface area contributed by atoms with E-state index in [9.17, 15) is 9.59 Å². The van der Waals surface area contributed by atoms with Crippen LogP contribution in [0, 0.1) is 0 Å². The Balaban J connectivity index is 1.61. The van der Waals surface area contributed by atoms with Crippen molar-refractivity contribution < 1.29 is 14.3 Å². The van der Waals surface area contributed by atoms with E-state index in [0.717, 1.165) is 10.9 Å². The lowest BCUT2D eigenvalue weighted by molar-refractivity contribution is 0.0620. The zero-order valence-corrected chi connectivity index (χ0v) is 15.1. The topological polar surface area (TPSA) is 71.2 Å². The summed E-state index contributed by atoms with van der Waals surface area (Å²) in [4.78, 5) is 27.9. The van der Waals surface area contributed by atoms with Crippen LogP contribution < -0.4 is 10.1 Å². The Morgan fingerprint density at radius 1 is 1.23 bits per heavy atom. The summed E-state index contributed by atoms with van der Waals surface area (Å²) < 4.78 is 5.83. The number of carbonyl (C=O) groups is 2. The molecular weight excluding hydrogens is 352 g/mol. The van der Waals surface area contributed by atoms with E-state index in [1.165, 1.54) is 0 Å². The average Bonchev–Trinajstić information content (AvgIpc) is 3.00. The third-order valence-electron chi connectivity index (χ3n) is 4.36. The van der Waals surface area contributed by atoms with E-state index in [4.69, 9.17) is 16.3 Å². The van der Waals surface area contributed by atoms with Gasteiger partial charge in [-0.1, -0.05) is 23.7 Å². The molecule has 2 aromatic carbocycles. The summed E-state index contributed by atoms with van der Waals surface area (Å²) in [5, 5.41) is 4.23. The molecule has 0 fully saturated rings. The van der Waals surface area contributed by atoms with Crippen LogP contribution >= 0.6 is 11.6 Å². The predicted molar refractivity (Wildman–Crippen MR) is 101 cm³/mol. The number of nitrogens with one attached hydrogen (secondary N) is 2. The minimum absolute atomic E-state index is 0.00439. The van der Waals surface area contributed by atoms with Gasteiger partial charge >= 0.3 is 0 Å². The number of hydrogen-bond acceptors (Lipinski definition) is 3. The molecule has 5 nitrogen and oxygen atoms in total. The van der Waals surface area contributed by atoms with E-state index in [1.807, 2.05) is 26.0 Å². The number of carbonyl (C=O) groups excluding carboxylic acids is 2. The summed E-state index contributed by atoms with van der Waals surface area (Å²) in [7, 11) is 0. The van der Waals surface area contributed by atoms with Crippen molar-refractivity contribution in [1.82, 2.24) is 4.98 Å². The van der Waals surface area contributed by atoms with Crippen molar-refractivity contribution in [3.8, 4) is 5.75 Å². The van der Waals surface area contributed by atoms with Gasteiger partial charge in [0, 0.05) is 11.1 Å². The van der Waals surface area contributed by atoms with Crippen LogP contribution in [0.25, 0.3) is 10.9 Å². The van der Waals surface area contributed by atoms with Crippen molar-refractivity contribution in [2.24, 2.45) is 0 Å². The van der Waals surface area contributed by atoms with E-state index in [-0.39, 0.29) is 11.7 Å². The summed E-state index contributed by atoms with van der Waals surface area (Å²) in [6, 6.07) is 12.3. The molecule has 1 aliphatic heterocycles. The lowest BCUT2D eigenvalue weighted by atomic mass is 9.93. The number of fused-ring (bicyclic) bond motifs is 2. The van der Waals surface area contributed by atoms with E-state index >= 15 is 0 Å². The van der Waals surface area contributed by atoms with Gasteiger partial charge in [-0.25, -0.2) is 0 Å². The van der Waals surface area contributed by atoms with Crippen molar-refractivity contribution in [3.05, 3.63) is 58.7 Å². The number of benzene rings is 2. The van der Waals surface area contributed by atoms with Crippen molar-refractivity contribution in [3.63, 3.8) is 0 Å². The minimum Gasteiger partial charge on any atom is -0.487 e. The van der Waals surface area contributed by atoms with Crippen LogP contribution in [0.15, 0.2) is 42.5 Å². The van der Waals surface area contributed by atoms with Gasteiger partial charge in [0.1, 0.15) is 17.0 Å². The number of para-hydroxylation sites is 1. The number of halogens is 1. The van der Waals surface area contributed by atoms with Crippen molar-refractivity contribution in [1.29, 1.82) is 0 Å². The maximum Gasteiger partial charge on any atom is 0.272 e. The molecule has 1 amide bonds. The van der Waals surface area contributed by atoms with Gasteiger partial charge in [-0.2, -0.15) is 0 Å². The Morgan fingerprint density at radius 2 is 2.04 bits per heavy atom. The lowest BCUT2D eigenvalue weighted by Gasteiger charge is -2.31. The van der Waals surface area contributed by atoms with Crippen LogP contribution in [0.3, 0.4) is 0 Å². The van der Waals surface area contributed by atoms with Crippen LogP contribution in [0.1, 0.15) is 41.1 Å². The monoisotopic (exact) mass is 368 g/mol. The lowest BCUT2D eigenvalue weighted by Crippen LogP contribution is -2.35. The summed E-state index contributed by atoms with van der Waals surface area (Å²) in [5.41, 5.74) is 1.63. The second-order valence-electron chi connectivity index (χ2n) is 7.01. The van der Waals surface area contributed by atoms with Crippen molar-refractivity contribution in [2.75, 3.05) is 5.32 Å². The van der Waals surface area contributed by atoms with Gasteiger partial charge in [-0.15, -0.1) is 0 Å². The Kier molecular flexibility index (Phi) is 3.77. The predicted octanol–water partition coefficient (Wildman–Crippen LogP) is 4.82. The fourth-order valence-corrected chi connectivity index (χ4v) is 3.40. The maximum atomic E-state index is 12.5. The quantitative estimate of drug-likeness (QED) is 0.681. The van der Waals surface area contributed by atoms with Crippen LogP contribution in [0.5, 0.6) is 5.75 Å². The van der Waals surface area contributed by atoms with Gasteiger partial charge in [0.2, 0.25) is 0 Å². The van der Waals surface area contributed by atoms with E-state index in [0.29, 0.717) is 34.1 Å². The third-order valence-corrected chi connectivity index (χ3v) is 4.68. The molecule has 0 saturated carbocycles. The molecule has 0 bridgehead atoms. The first-order chi connectivity index (χ1) is 12.3. The maximum absolute atomic E-state index is 12.5. The first-order valence-electron chi connectivity index (χ1n) is 8.27. The summed E-state index contributed by atoms with van der Waals surface area (Å²) >= 11 is 6.14. The number of aromatic nitrogens is 1. The molecule has 4 rings (SSSR count). The zero-order chi connectivity index (χ0) is 18.5. The molecule has 0 atom stereocenters. The molecule has 0 spiro atoms. The smallest absolute Gasteiger partial charge is 0.272 e. The van der Waals surface area contributed by atoms with Crippen LogP contribution in [0.2, 0.25) is 5.02 Å². The molecule has 1 aromatic heterocycles. The average molecular weight is 369 g/mol. The molecule has 1 aliphatic rings.